The molecular weight excluding hydrogens is 175 g/mol. The lowest BCUT2D eigenvalue weighted by atomic mass is 9.93. The predicted molar refractivity (Wildman–Crippen MR) is 42.0 cm³/mol. The number of aromatic carboxylic acids is 1. The van der Waals surface area contributed by atoms with Gasteiger partial charge in [-0.05, 0) is 19.3 Å². The molecule has 0 bridgehead atoms. The van der Waals surface area contributed by atoms with Gasteiger partial charge in [0.25, 0.3) is 0 Å². The summed E-state index contributed by atoms with van der Waals surface area (Å²) in [5.74, 6) is -1.99. The molecule has 0 radical (unpaired) electrons. The fraction of sp³-hybridized carbons (Fsp3) is 0.500. The fourth-order valence-corrected chi connectivity index (χ4v) is 1.38. The maximum absolute atomic E-state index is 13.3. The molecule has 70 valence electrons. The molecule has 0 aliphatic heterocycles. The standard InChI is InChI=1S/C8H9FN2O2/c9-7-6(8(12)13)4-10-11(7)5-2-1-3-5/h4-5H,1-3H2,(H,12,13). The molecule has 2 rings (SSSR count). The molecule has 1 saturated carbocycles. The summed E-state index contributed by atoms with van der Waals surface area (Å²) < 4.78 is 14.4. The summed E-state index contributed by atoms with van der Waals surface area (Å²) in [6, 6.07) is 0.0631. The number of carboxylic acids is 1. The van der Waals surface area contributed by atoms with E-state index < -0.39 is 11.9 Å². The van der Waals surface area contributed by atoms with Crippen molar-refractivity contribution in [1.29, 1.82) is 0 Å². The molecule has 0 spiro atoms. The summed E-state index contributed by atoms with van der Waals surface area (Å²) >= 11 is 0. The number of halogens is 1. The van der Waals surface area contributed by atoms with Gasteiger partial charge in [-0.15, -0.1) is 0 Å². The Labute approximate surface area is 74.0 Å². The minimum absolute atomic E-state index is 0.0631. The van der Waals surface area contributed by atoms with Gasteiger partial charge in [-0.2, -0.15) is 9.49 Å². The molecule has 1 heterocycles. The van der Waals surface area contributed by atoms with Crippen molar-refractivity contribution in [3.63, 3.8) is 0 Å². The third-order valence-electron chi connectivity index (χ3n) is 2.39. The van der Waals surface area contributed by atoms with Crippen molar-refractivity contribution in [2.45, 2.75) is 25.3 Å². The van der Waals surface area contributed by atoms with Crippen molar-refractivity contribution >= 4 is 5.97 Å². The number of carbonyl (C=O) groups is 1. The third-order valence-corrected chi connectivity index (χ3v) is 2.39. The minimum atomic E-state index is -1.26. The lowest BCUT2D eigenvalue weighted by molar-refractivity contribution is 0.0690. The highest BCUT2D eigenvalue weighted by Crippen LogP contribution is 2.31. The third kappa shape index (κ3) is 1.20. The second-order valence-electron chi connectivity index (χ2n) is 3.18. The van der Waals surface area contributed by atoms with Crippen LogP contribution in [0.4, 0.5) is 4.39 Å². The topological polar surface area (TPSA) is 55.1 Å². The molecular formula is C8H9FN2O2. The van der Waals surface area contributed by atoms with Crippen molar-refractivity contribution in [2.24, 2.45) is 0 Å². The van der Waals surface area contributed by atoms with Crippen molar-refractivity contribution < 1.29 is 14.3 Å². The Kier molecular flexibility index (Phi) is 1.79. The Morgan fingerprint density at radius 2 is 2.38 bits per heavy atom. The van der Waals surface area contributed by atoms with Gasteiger partial charge in [-0.3, -0.25) is 0 Å². The average Bonchev–Trinajstić information content (AvgIpc) is 2.29. The van der Waals surface area contributed by atoms with Crippen LogP contribution in [0, 0.1) is 5.95 Å². The number of aromatic nitrogens is 2. The Morgan fingerprint density at radius 3 is 2.77 bits per heavy atom. The van der Waals surface area contributed by atoms with Crippen LogP contribution in [-0.2, 0) is 0 Å². The zero-order valence-corrected chi connectivity index (χ0v) is 6.90. The van der Waals surface area contributed by atoms with Gasteiger partial charge in [-0.1, -0.05) is 0 Å². The molecule has 1 N–H and O–H groups in total. The van der Waals surface area contributed by atoms with E-state index in [2.05, 4.69) is 5.10 Å². The van der Waals surface area contributed by atoms with Crippen LogP contribution in [0.1, 0.15) is 35.7 Å². The van der Waals surface area contributed by atoms with E-state index in [1.807, 2.05) is 0 Å². The van der Waals surface area contributed by atoms with Crippen LogP contribution in [0.15, 0.2) is 6.20 Å². The van der Waals surface area contributed by atoms with Gasteiger partial charge in [0.15, 0.2) is 0 Å². The van der Waals surface area contributed by atoms with E-state index in [4.69, 9.17) is 5.11 Å². The first-order valence-corrected chi connectivity index (χ1v) is 4.16. The van der Waals surface area contributed by atoms with E-state index >= 15 is 0 Å². The quantitative estimate of drug-likeness (QED) is 0.756. The highest BCUT2D eigenvalue weighted by molar-refractivity contribution is 5.87. The lowest BCUT2D eigenvalue weighted by Crippen LogP contribution is -2.20. The highest BCUT2D eigenvalue weighted by atomic mass is 19.1. The van der Waals surface area contributed by atoms with Gasteiger partial charge in [0.2, 0.25) is 5.95 Å². The van der Waals surface area contributed by atoms with E-state index in [0.29, 0.717) is 0 Å². The molecule has 1 aliphatic carbocycles. The van der Waals surface area contributed by atoms with Crippen LogP contribution in [0.2, 0.25) is 0 Å². The van der Waals surface area contributed by atoms with Crippen LogP contribution in [0.25, 0.3) is 0 Å². The van der Waals surface area contributed by atoms with Crippen LogP contribution < -0.4 is 0 Å². The van der Waals surface area contributed by atoms with Gasteiger partial charge in [0.1, 0.15) is 5.56 Å². The van der Waals surface area contributed by atoms with Crippen LogP contribution >= 0.6 is 0 Å². The van der Waals surface area contributed by atoms with E-state index in [9.17, 15) is 9.18 Å². The Morgan fingerprint density at radius 1 is 1.69 bits per heavy atom. The number of carboxylic acid groups (broad SMARTS) is 1. The van der Waals surface area contributed by atoms with E-state index in [1.54, 1.807) is 0 Å². The molecule has 0 saturated heterocycles. The van der Waals surface area contributed by atoms with Crippen LogP contribution in [-0.4, -0.2) is 20.9 Å². The van der Waals surface area contributed by atoms with Gasteiger partial charge in [0.05, 0.1) is 12.2 Å². The van der Waals surface area contributed by atoms with Gasteiger partial charge < -0.3 is 5.11 Å². The molecule has 0 unspecified atom stereocenters. The predicted octanol–water partition coefficient (Wildman–Crippen LogP) is 1.45. The minimum Gasteiger partial charge on any atom is -0.477 e. The monoisotopic (exact) mass is 184 g/mol. The molecule has 1 aromatic heterocycles. The number of hydrogen-bond donors (Lipinski definition) is 1. The fourth-order valence-electron chi connectivity index (χ4n) is 1.38. The van der Waals surface area contributed by atoms with Crippen LogP contribution in [0.5, 0.6) is 0 Å². The Bertz CT molecular complexity index is 344. The molecule has 4 nitrogen and oxygen atoms in total. The van der Waals surface area contributed by atoms with Crippen molar-refractivity contribution in [3.8, 4) is 0 Å². The first-order chi connectivity index (χ1) is 6.20. The largest absolute Gasteiger partial charge is 0.477 e. The maximum Gasteiger partial charge on any atom is 0.342 e. The molecule has 13 heavy (non-hydrogen) atoms. The average molecular weight is 184 g/mol. The molecule has 0 aromatic carbocycles. The van der Waals surface area contributed by atoms with Gasteiger partial charge in [-0.25, -0.2) is 9.48 Å². The first kappa shape index (κ1) is 8.22. The second kappa shape index (κ2) is 2.83. The van der Waals surface area contributed by atoms with Crippen molar-refractivity contribution in [3.05, 3.63) is 17.7 Å². The molecule has 5 heteroatoms. The zero-order valence-electron chi connectivity index (χ0n) is 6.90. The summed E-state index contributed by atoms with van der Waals surface area (Å²) in [6.45, 7) is 0. The molecule has 1 aromatic rings. The SMILES string of the molecule is O=C(O)c1cnn(C2CCC2)c1F. The van der Waals surface area contributed by atoms with E-state index in [-0.39, 0.29) is 11.6 Å². The summed E-state index contributed by atoms with van der Waals surface area (Å²) in [5, 5.41) is 12.3. The molecule has 0 amide bonds. The van der Waals surface area contributed by atoms with Crippen molar-refractivity contribution in [2.75, 3.05) is 0 Å². The van der Waals surface area contributed by atoms with Crippen LogP contribution in [0.3, 0.4) is 0 Å². The first-order valence-electron chi connectivity index (χ1n) is 4.16. The summed E-state index contributed by atoms with van der Waals surface area (Å²) in [7, 11) is 0. The second-order valence-corrected chi connectivity index (χ2v) is 3.18. The molecule has 1 aliphatic rings. The Hall–Kier alpha value is -1.39. The highest BCUT2D eigenvalue weighted by Gasteiger charge is 2.26. The van der Waals surface area contributed by atoms with E-state index in [1.165, 1.54) is 4.68 Å². The number of hydrogen-bond acceptors (Lipinski definition) is 2. The van der Waals surface area contributed by atoms with Gasteiger partial charge >= 0.3 is 5.97 Å². The van der Waals surface area contributed by atoms with Gasteiger partial charge in [0, 0.05) is 0 Å². The summed E-state index contributed by atoms with van der Waals surface area (Å²) in [5.41, 5.74) is -0.341. The Balaban J connectivity index is 2.32. The van der Waals surface area contributed by atoms with E-state index in [0.717, 1.165) is 25.5 Å². The van der Waals surface area contributed by atoms with Crippen molar-refractivity contribution in [1.82, 2.24) is 9.78 Å². The zero-order chi connectivity index (χ0) is 9.42. The molecule has 0 atom stereocenters. The molecule has 1 fully saturated rings. The lowest BCUT2D eigenvalue weighted by Gasteiger charge is -2.25. The summed E-state index contributed by atoms with van der Waals surface area (Å²) in [6.07, 6.45) is 3.90. The summed E-state index contributed by atoms with van der Waals surface area (Å²) in [4.78, 5) is 10.5. The smallest absolute Gasteiger partial charge is 0.342 e. The normalized spacial score (nSPS) is 17.0. The maximum atomic E-state index is 13.3. The number of nitrogens with zero attached hydrogens (tertiary/aromatic N) is 2. The number of rotatable bonds is 2.